The minimum atomic E-state index is 0.0959. The van der Waals surface area contributed by atoms with Crippen molar-refractivity contribution in [2.24, 2.45) is 5.73 Å². The lowest BCUT2D eigenvalue weighted by Gasteiger charge is -2.38. The minimum absolute atomic E-state index is 0.0959. The molecule has 2 heteroatoms. The van der Waals surface area contributed by atoms with Crippen molar-refractivity contribution in [3.8, 4) is 0 Å². The summed E-state index contributed by atoms with van der Waals surface area (Å²) in [6, 6.07) is 10.8. The van der Waals surface area contributed by atoms with E-state index < -0.39 is 0 Å². The van der Waals surface area contributed by atoms with Crippen LogP contribution in [0.15, 0.2) is 47.3 Å². The molecule has 1 aromatic heterocycles. The van der Waals surface area contributed by atoms with Gasteiger partial charge >= 0.3 is 0 Å². The molecule has 1 aliphatic rings. The fraction of sp³-hybridized carbons (Fsp3) is 0.375. The first-order chi connectivity index (χ1) is 8.84. The molecule has 0 aliphatic heterocycles. The lowest BCUT2D eigenvalue weighted by atomic mass is 9.67. The molecule has 1 unspecified atom stereocenters. The van der Waals surface area contributed by atoms with E-state index in [1.807, 2.05) is 6.26 Å². The van der Waals surface area contributed by atoms with E-state index in [1.165, 1.54) is 36.0 Å². The van der Waals surface area contributed by atoms with Crippen LogP contribution in [0, 0.1) is 0 Å². The summed E-state index contributed by atoms with van der Waals surface area (Å²) in [7, 11) is 0. The molecule has 18 heavy (non-hydrogen) atoms. The number of furan rings is 1. The quantitative estimate of drug-likeness (QED) is 0.897. The van der Waals surface area contributed by atoms with Gasteiger partial charge in [-0.25, -0.2) is 0 Å². The molecule has 0 saturated heterocycles. The zero-order chi connectivity index (χ0) is 12.4. The van der Waals surface area contributed by atoms with Crippen molar-refractivity contribution in [3.63, 3.8) is 0 Å². The minimum Gasteiger partial charge on any atom is -0.472 e. The molecule has 0 spiro atoms. The number of hydrogen-bond donors (Lipinski definition) is 1. The second kappa shape index (κ2) is 4.62. The standard InChI is InChI=1S/C16H19NO/c17-12-16(10-13-7-9-18-11-13)8-3-5-14-4-1-2-6-15(14)16/h1-2,4,6-7,9,11H,3,5,8,10,12,17H2. The Labute approximate surface area is 108 Å². The third kappa shape index (κ3) is 1.87. The van der Waals surface area contributed by atoms with E-state index in [0.717, 1.165) is 6.42 Å². The van der Waals surface area contributed by atoms with Gasteiger partial charge in [-0.1, -0.05) is 24.3 Å². The summed E-state index contributed by atoms with van der Waals surface area (Å²) in [6.45, 7) is 0.704. The van der Waals surface area contributed by atoms with Gasteiger partial charge < -0.3 is 10.2 Å². The molecule has 1 atom stereocenters. The molecule has 94 valence electrons. The van der Waals surface area contributed by atoms with Crippen molar-refractivity contribution < 1.29 is 4.42 Å². The monoisotopic (exact) mass is 241 g/mol. The third-order valence-electron chi connectivity index (χ3n) is 4.20. The van der Waals surface area contributed by atoms with Crippen LogP contribution in [0.1, 0.15) is 29.5 Å². The SMILES string of the molecule is NCC1(Cc2ccoc2)CCCc2ccccc21. The summed E-state index contributed by atoms with van der Waals surface area (Å²) in [6.07, 6.45) is 8.15. The highest BCUT2D eigenvalue weighted by atomic mass is 16.3. The van der Waals surface area contributed by atoms with Crippen molar-refractivity contribution in [2.75, 3.05) is 6.54 Å². The normalized spacial score (nSPS) is 22.7. The van der Waals surface area contributed by atoms with E-state index >= 15 is 0 Å². The molecule has 0 amide bonds. The molecule has 0 bridgehead atoms. The topological polar surface area (TPSA) is 39.2 Å². The van der Waals surface area contributed by atoms with Crippen molar-refractivity contribution in [2.45, 2.75) is 31.1 Å². The van der Waals surface area contributed by atoms with Gasteiger partial charge in [0, 0.05) is 12.0 Å². The van der Waals surface area contributed by atoms with Crippen LogP contribution in [0.3, 0.4) is 0 Å². The van der Waals surface area contributed by atoms with E-state index in [1.54, 1.807) is 6.26 Å². The summed E-state index contributed by atoms with van der Waals surface area (Å²) in [5, 5.41) is 0. The van der Waals surface area contributed by atoms with Gasteiger partial charge in [-0.15, -0.1) is 0 Å². The molecule has 0 radical (unpaired) electrons. The van der Waals surface area contributed by atoms with Crippen LogP contribution in [0.4, 0.5) is 0 Å². The zero-order valence-electron chi connectivity index (χ0n) is 10.6. The molecule has 2 N–H and O–H groups in total. The van der Waals surface area contributed by atoms with Crippen LogP contribution in [0.5, 0.6) is 0 Å². The number of aryl methyl sites for hydroxylation is 1. The Morgan fingerprint density at radius 3 is 2.89 bits per heavy atom. The van der Waals surface area contributed by atoms with Crippen molar-refractivity contribution >= 4 is 0 Å². The highest BCUT2D eigenvalue weighted by Crippen LogP contribution is 2.39. The van der Waals surface area contributed by atoms with Crippen molar-refractivity contribution in [1.29, 1.82) is 0 Å². The van der Waals surface area contributed by atoms with Gasteiger partial charge in [-0.05, 0) is 48.4 Å². The molecule has 1 aromatic carbocycles. The Kier molecular flexibility index (Phi) is 2.96. The second-order valence-corrected chi connectivity index (χ2v) is 5.30. The summed E-state index contributed by atoms with van der Waals surface area (Å²) in [5.41, 5.74) is 10.4. The summed E-state index contributed by atoms with van der Waals surface area (Å²) in [4.78, 5) is 0. The number of rotatable bonds is 3. The van der Waals surface area contributed by atoms with E-state index in [9.17, 15) is 0 Å². The lowest BCUT2D eigenvalue weighted by molar-refractivity contribution is 0.364. The first-order valence-electron chi connectivity index (χ1n) is 6.64. The van der Waals surface area contributed by atoms with Gasteiger partial charge in [-0.3, -0.25) is 0 Å². The largest absolute Gasteiger partial charge is 0.472 e. The molecular formula is C16H19NO. The predicted molar refractivity (Wildman–Crippen MR) is 72.5 cm³/mol. The Hall–Kier alpha value is -1.54. The fourth-order valence-corrected chi connectivity index (χ4v) is 3.26. The summed E-state index contributed by atoms with van der Waals surface area (Å²) in [5.74, 6) is 0. The van der Waals surface area contributed by atoms with Crippen LogP contribution < -0.4 is 5.73 Å². The number of benzene rings is 1. The maximum absolute atomic E-state index is 6.14. The van der Waals surface area contributed by atoms with Crippen molar-refractivity contribution in [3.05, 3.63) is 59.5 Å². The molecule has 2 aromatic rings. The number of hydrogen-bond acceptors (Lipinski definition) is 2. The maximum atomic E-state index is 6.14. The van der Waals surface area contributed by atoms with Crippen LogP contribution in [-0.4, -0.2) is 6.54 Å². The Balaban J connectivity index is 2.02. The van der Waals surface area contributed by atoms with Crippen LogP contribution >= 0.6 is 0 Å². The average Bonchev–Trinajstić information content (AvgIpc) is 2.92. The number of nitrogens with two attached hydrogens (primary N) is 1. The van der Waals surface area contributed by atoms with E-state index in [0.29, 0.717) is 6.54 Å². The molecular weight excluding hydrogens is 222 g/mol. The van der Waals surface area contributed by atoms with E-state index in [2.05, 4.69) is 30.3 Å². The Morgan fingerprint density at radius 2 is 2.11 bits per heavy atom. The van der Waals surface area contributed by atoms with Gasteiger partial charge in [0.15, 0.2) is 0 Å². The second-order valence-electron chi connectivity index (χ2n) is 5.30. The van der Waals surface area contributed by atoms with E-state index in [-0.39, 0.29) is 5.41 Å². The smallest absolute Gasteiger partial charge is 0.0934 e. The maximum Gasteiger partial charge on any atom is 0.0934 e. The molecule has 3 rings (SSSR count). The highest BCUT2D eigenvalue weighted by Gasteiger charge is 2.35. The Bertz CT molecular complexity index is 518. The van der Waals surface area contributed by atoms with Crippen molar-refractivity contribution in [1.82, 2.24) is 0 Å². The first kappa shape index (κ1) is 11.5. The fourth-order valence-electron chi connectivity index (χ4n) is 3.26. The molecule has 0 fully saturated rings. The zero-order valence-corrected chi connectivity index (χ0v) is 10.6. The molecule has 0 saturated carbocycles. The van der Waals surface area contributed by atoms with Crippen LogP contribution in [0.2, 0.25) is 0 Å². The predicted octanol–water partition coefficient (Wildman–Crippen LogP) is 3.06. The third-order valence-corrected chi connectivity index (χ3v) is 4.20. The molecule has 2 nitrogen and oxygen atoms in total. The van der Waals surface area contributed by atoms with Gasteiger partial charge in [0.05, 0.1) is 12.5 Å². The van der Waals surface area contributed by atoms with Gasteiger partial charge in [0.25, 0.3) is 0 Å². The van der Waals surface area contributed by atoms with E-state index in [4.69, 9.17) is 10.2 Å². The van der Waals surface area contributed by atoms with Crippen LogP contribution in [-0.2, 0) is 18.3 Å². The molecule has 1 heterocycles. The average molecular weight is 241 g/mol. The van der Waals surface area contributed by atoms with Crippen LogP contribution in [0.25, 0.3) is 0 Å². The first-order valence-corrected chi connectivity index (χ1v) is 6.64. The van der Waals surface area contributed by atoms with Gasteiger partial charge in [0.2, 0.25) is 0 Å². The number of fused-ring (bicyclic) bond motifs is 1. The summed E-state index contributed by atoms with van der Waals surface area (Å²) < 4.78 is 5.19. The highest BCUT2D eigenvalue weighted by molar-refractivity contribution is 5.38. The Morgan fingerprint density at radius 1 is 1.22 bits per heavy atom. The van der Waals surface area contributed by atoms with Gasteiger partial charge in [-0.2, -0.15) is 0 Å². The molecule has 1 aliphatic carbocycles. The van der Waals surface area contributed by atoms with Gasteiger partial charge in [0.1, 0.15) is 0 Å². The summed E-state index contributed by atoms with van der Waals surface area (Å²) >= 11 is 0. The lowest BCUT2D eigenvalue weighted by Crippen LogP contribution is -2.40.